The lowest BCUT2D eigenvalue weighted by molar-refractivity contribution is 0.137. The third-order valence-electron chi connectivity index (χ3n) is 3.66. The van der Waals surface area contributed by atoms with Gasteiger partial charge in [-0.15, -0.1) is 0 Å². The zero-order valence-corrected chi connectivity index (χ0v) is 11.0. The van der Waals surface area contributed by atoms with Crippen LogP contribution in [0.3, 0.4) is 0 Å². The van der Waals surface area contributed by atoms with Crippen LogP contribution in [-0.4, -0.2) is 37.6 Å². The largest absolute Gasteiger partial charge is 0.497 e. The van der Waals surface area contributed by atoms with Crippen LogP contribution in [0, 0.1) is 5.92 Å². The Balaban J connectivity index is 2.13. The first-order valence-corrected chi connectivity index (χ1v) is 6.29. The van der Waals surface area contributed by atoms with Crippen molar-refractivity contribution in [2.45, 2.75) is 18.9 Å². The van der Waals surface area contributed by atoms with E-state index >= 15 is 0 Å². The smallest absolute Gasteiger partial charge is 0.120 e. The Labute approximate surface area is 108 Å². The molecule has 2 atom stereocenters. The van der Waals surface area contributed by atoms with Gasteiger partial charge in [0.15, 0.2) is 0 Å². The monoisotopic (exact) mass is 251 g/mol. The number of anilines is 1. The molecule has 1 aromatic carbocycles. The number of ether oxygens (including phenoxy) is 2. The molecule has 2 rings (SSSR count). The summed E-state index contributed by atoms with van der Waals surface area (Å²) in [4.78, 5) is 0. The minimum Gasteiger partial charge on any atom is -0.497 e. The molecule has 2 unspecified atom stereocenters. The fourth-order valence-electron chi connectivity index (χ4n) is 2.34. The quantitative estimate of drug-likeness (QED) is 0.839. The van der Waals surface area contributed by atoms with Crippen molar-refractivity contribution >= 4 is 5.69 Å². The van der Waals surface area contributed by atoms with Crippen molar-refractivity contribution in [3.63, 3.8) is 0 Å². The molecular formula is C14H21NO3. The molecule has 0 spiro atoms. The zero-order valence-electron chi connectivity index (χ0n) is 11.0. The number of methoxy groups -OCH3 is 1. The number of rotatable bonds is 5. The molecule has 0 aliphatic carbocycles. The number of benzene rings is 1. The maximum absolute atomic E-state index is 9.68. The molecule has 100 valence electrons. The molecule has 1 aliphatic heterocycles. The molecule has 4 heteroatoms. The Bertz CT molecular complexity index is 390. The SMILES string of the molecule is COc1cccc(NC(C)(CO)C2CCOC2)c1. The summed E-state index contributed by atoms with van der Waals surface area (Å²) < 4.78 is 10.6. The summed E-state index contributed by atoms with van der Waals surface area (Å²) in [5.41, 5.74) is 0.598. The summed E-state index contributed by atoms with van der Waals surface area (Å²) in [6.45, 7) is 3.60. The number of aliphatic hydroxyl groups is 1. The fraction of sp³-hybridized carbons (Fsp3) is 0.571. The second kappa shape index (κ2) is 5.59. The standard InChI is InChI=1S/C14H21NO3/c1-14(10-16,11-6-7-18-9-11)15-12-4-3-5-13(8-12)17-2/h3-5,8,11,15-16H,6-7,9-10H2,1-2H3. The van der Waals surface area contributed by atoms with Crippen LogP contribution in [0.15, 0.2) is 24.3 Å². The van der Waals surface area contributed by atoms with E-state index in [1.165, 1.54) is 0 Å². The highest BCUT2D eigenvalue weighted by molar-refractivity contribution is 5.50. The third kappa shape index (κ3) is 2.76. The lowest BCUT2D eigenvalue weighted by Gasteiger charge is -2.35. The van der Waals surface area contributed by atoms with Gasteiger partial charge in [-0.05, 0) is 25.5 Å². The van der Waals surface area contributed by atoms with Gasteiger partial charge < -0.3 is 19.9 Å². The summed E-state index contributed by atoms with van der Waals surface area (Å²) in [7, 11) is 1.65. The van der Waals surface area contributed by atoms with Crippen molar-refractivity contribution in [2.75, 3.05) is 32.2 Å². The number of hydrogen-bond acceptors (Lipinski definition) is 4. The van der Waals surface area contributed by atoms with E-state index in [-0.39, 0.29) is 12.1 Å². The average molecular weight is 251 g/mol. The lowest BCUT2D eigenvalue weighted by atomic mass is 9.85. The Morgan fingerprint density at radius 3 is 3.00 bits per heavy atom. The Morgan fingerprint density at radius 1 is 1.56 bits per heavy atom. The summed E-state index contributed by atoms with van der Waals surface area (Å²) in [6, 6.07) is 7.75. The van der Waals surface area contributed by atoms with Crippen molar-refractivity contribution in [3.8, 4) is 5.75 Å². The molecule has 18 heavy (non-hydrogen) atoms. The summed E-state index contributed by atoms with van der Waals surface area (Å²) in [5, 5.41) is 13.1. The van der Waals surface area contributed by atoms with E-state index < -0.39 is 0 Å². The average Bonchev–Trinajstić information content (AvgIpc) is 2.93. The van der Waals surface area contributed by atoms with Crippen LogP contribution in [0.2, 0.25) is 0 Å². The minimum absolute atomic E-state index is 0.0816. The number of nitrogens with one attached hydrogen (secondary N) is 1. The van der Waals surface area contributed by atoms with Gasteiger partial charge in [0.1, 0.15) is 5.75 Å². The van der Waals surface area contributed by atoms with Gasteiger partial charge in [-0.3, -0.25) is 0 Å². The Hall–Kier alpha value is -1.26. The van der Waals surface area contributed by atoms with Crippen LogP contribution in [0.25, 0.3) is 0 Å². The molecule has 0 amide bonds. The molecule has 1 aromatic rings. The van der Waals surface area contributed by atoms with Gasteiger partial charge in [0, 0.05) is 24.3 Å². The fourth-order valence-corrected chi connectivity index (χ4v) is 2.34. The topological polar surface area (TPSA) is 50.7 Å². The molecule has 0 bridgehead atoms. The van der Waals surface area contributed by atoms with Crippen LogP contribution >= 0.6 is 0 Å². The van der Waals surface area contributed by atoms with Crippen molar-refractivity contribution < 1.29 is 14.6 Å². The molecule has 2 N–H and O–H groups in total. The summed E-state index contributed by atoms with van der Waals surface area (Å²) in [5.74, 6) is 1.14. The zero-order chi connectivity index (χ0) is 13.0. The summed E-state index contributed by atoms with van der Waals surface area (Å²) >= 11 is 0. The predicted octanol–water partition coefficient (Wildman–Crippen LogP) is 1.89. The number of hydrogen-bond donors (Lipinski definition) is 2. The molecule has 1 saturated heterocycles. The Kier molecular flexibility index (Phi) is 4.09. The molecule has 1 heterocycles. The van der Waals surface area contributed by atoms with E-state index in [1.807, 2.05) is 31.2 Å². The highest BCUT2D eigenvalue weighted by atomic mass is 16.5. The first-order chi connectivity index (χ1) is 8.68. The summed E-state index contributed by atoms with van der Waals surface area (Å²) in [6.07, 6.45) is 0.980. The van der Waals surface area contributed by atoms with E-state index in [9.17, 15) is 5.11 Å². The molecule has 4 nitrogen and oxygen atoms in total. The van der Waals surface area contributed by atoms with Crippen LogP contribution in [-0.2, 0) is 4.74 Å². The number of aliphatic hydroxyl groups excluding tert-OH is 1. The highest BCUT2D eigenvalue weighted by Crippen LogP contribution is 2.30. The van der Waals surface area contributed by atoms with Gasteiger partial charge in [0.25, 0.3) is 0 Å². The highest BCUT2D eigenvalue weighted by Gasteiger charge is 2.36. The van der Waals surface area contributed by atoms with Gasteiger partial charge in [-0.2, -0.15) is 0 Å². The second-order valence-electron chi connectivity index (χ2n) is 4.99. The van der Waals surface area contributed by atoms with Crippen molar-refractivity contribution in [3.05, 3.63) is 24.3 Å². The molecule has 0 radical (unpaired) electrons. The Morgan fingerprint density at radius 2 is 2.39 bits per heavy atom. The van der Waals surface area contributed by atoms with Gasteiger partial charge in [-0.25, -0.2) is 0 Å². The first kappa shape index (κ1) is 13.2. The van der Waals surface area contributed by atoms with Crippen LogP contribution in [0.5, 0.6) is 5.75 Å². The molecule has 1 aliphatic rings. The van der Waals surface area contributed by atoms with Gasteiger partial charge in [0.05, 0.1) is 25.9 Å². The van der Waals surface area contributed by atoms with Gasteiger partial charge in [0.2, 0.25) is 0 Å². The van der Waals surface area contributed by atoms with Crippen molar-refractivity contribution in [2.24, 2.45) is 5.92 Å². The van der Waals surface area contributed by atoms with E-state index in [2.05, 4.69) is 5.32 Å². The normalized spacial score (nSPS) is 22.5. The molecular weight excluding hydrogens is 230 g/mol. The molecule has 1 fully saturated rings. The maximum atomic E-state index is 9.68. The van der Waals surface area contributed by atoms with E-state index in [4.69, 9.17) is 9.47 Å². The van der Waals surface area contributed by atoms with Crippen LogP contribution in [0.4, 0.5) is 5.69 Å². The van der Waals surface area contributed by atoms with E-state index in [0.29, 0.717) is 12.5 Å². The predicted molar refractivity (Wildman–Crippen MR) is 71.0 cm³/mol. The van der Waals surface area contributed by atoms with Crippen LogP contribution < -0.4 is 10.1 Å². The van der Waals surface area contributed by atoms with Crippen LogP contribution in [0.1, 0.15) is 13.3 Å². The minimum atomic E-state index is -0.358. The maximum Gasteiger partial charge on any atom is 0.120 e. The van der Waals surface area contributed by atoms with Crippen molar-refractivity contribution in [1.82, 2.24) is 0 Å². The first-order valence-electron chi connectivity index (χ1n) is 6.29. The van der Waals surface area contributed by atoms with Crippen molar-refractivity contribution in [1.29, 1.82) is 0 Å². The second-order valence-corrected chi connectivity index (χ2v) is 4.99. The van der Waals surface area contributed by atoms with Gasteiger partial charge >= 0.3 is 0 Å². The molecule has 0 saturated carbocycles. The molecule has 0 aromatic heterocycles. The third-order valence-corrected chi connectivity index (χ3v) is 3.66. The van der Waals surface area contributed by atoms with E-state index in [0.717, 1.165) is 24.5 Å². The lowest BCUT2D eigenvalue weighted by Crippen LogP contribution is -2.46. The van der Waals surface area contributed by atoms with E-state index in [1.54, 1.807) is 7.11 Å². The van der Waals surface area contributed by atoms with Gasteiger partial charge in [-0.1, -0.05) is 6.07 Å².